The SMILES string of the molecule is C(#C[B-]1(c2ccccc2)C2CCCC1CCC2)C1CC1. The molecule has 2 aliphatic heterocycles. The summed E-state index contributed by atoms with van der Waals surface area (Å²) in [6, 6.07) is 11.3. The monoisotopic (exact) mass is 263 g/mol. The fourth-order valence-electron chi connectivity index (χ4n) is 5.13. The lowest BCUT2D eigenvalue weighted by Gasteiger charge is -2.57. The van der Waals surface area contributed by atoms with Crippen molar-refractivity contribution < 1.29 is 0 Å². The van der Waals surface area contributed by atoms with E-state index < -0.39 is 6.15 Å². The Morgan fingerprint density at radius 1 is 0.800 bits per heavy atom. The lowest BCUT2D eigenvalue weighted by Crippen LogP contribution is -2.58. The molecule has 1 aliphatic carbocycles. The number of hydrogen-bond acceptors (Lipinski definition) is 0. The van der Waals surface area contributed by atoms with Crippen molar-refractivity contribution in [1.29, 1.82) is 0 Å². The van der Waals surface area contributed by atoms with Gasteiger partial charge in [0.1, 0.15) is 6.15 Å². The van der Waals surface area contributed by atoms with E-state index in [1.54, 1.807) is 5.46 Å². The van der Waals surface area contributed by atoms with Crippen molar-refractivity contribution in [1.82, 2.24) is 0 Å². The minimum absolute atomic E-state index is 0.608. The van der Waals surface area contributed by atoms with E-state index in [1.807, 2.05) is 0 Å². The van der Waals surface area contributed by atoms with Crippen molar-refractivity contribution in [3.05, 3.63) is 30.3 Å². The van der Waals surface area contributed by atoms with Crippen LogP contribution in [0, 0.1) is 17.7 Å². The molecule has 1 heteroatoms. The van der Waals surface area contributed by atoms with Gasteiger partial charge in [0, 0.05) is 5.92 Å². The van der Waals surface area contributed by atoms with Gasteiger partial charge in [-0.3, -0.25) is 0 Å². The van der Waals surface area contributed by atoms with Gasteiger partial charge in [-0.1, -0.05) is 68.9 Å². The zero-order valence-electron chi connectivity index (χ0n) is 12.4. The van der Waals surface area contributed by atoms with Crippen LogP contribution in [0.2, 0.25) is 11.6 Å². The summed E-state index contributed by atoms with van der Waals surface area (Å²) in [7, 11) is 0. The molecule has 0 aromatic heterocycles. The Morgan fingerprint density at radius 2 is 1.40 bits per heavy atom. The maximum Gasteiger partial charge on any atom is 0.103 e. The molecule has 104 valence electrons. The second kappa shape index (κ2) is 4.99. The van der Waals surface area contributed by atoms with Gasteiger partial charge >= 0.3 is 0 Å². The molecule has 0 atom stereocenters. The first kappa shape index (κ1) is 12.6. The third-order valence-electron chi connectivity index (χ3n) is 6.24. The number of benzene rings is 1. The van der Waals surface area contributed by atoms with Crippen molar-refractivity contribution in [2.24, 2.45) is 5.92 Å². The maximum atomic E-state index is 3.93. The van der Waals surface area contributed by atoms with Gasteiger partial charge in [-0.05, 0) is 12.8 Å². The summed E-state index contributed by atoms with van der Waals surface area (Å²) in [6.07, 6.45) is 10.7. The maximum absolute atomic E-state index is 3.93. The molecule has 0 radical (unpaired) electrons. The first-order valence-electron chi connectivity index (χ1n) is 8.64. The van der Waals surface area contributed by atoms with Crippen LogP contribution in [0.1, 0.15) is 51.4 Å². The Hall–Kier alpha value is -1.16. The molecule has 20 heavy (non-hydrogen) atoms. The average Bonchev–Trinajstić information content (AvgIpc) is 3.29. The molecule has 0 spiro atoms. The van der Waals surface area contributed by atoms with Crippen LogP contribution in [0.4, 0.5) is 0 Å². The van der Waals surface area contributed by atoms with Crippen molar-refractivity contribution >= 4 is 11.6 Å². The molecule has 1 aromatic carbocycles. The Balaban J connectivity index is 1.82. The minimum Gasteiger partial charge on any atom is -0.308 e. The van der Waals surface area contributed by atoms with Gasteiger partial charge in [0.25, 0.3) is 0 Å². The zero-order chi connectivity index (χ0) is 13.4. The molecular weight excluding hydrogens is 239 g/mol. The first-order valence-corrected chi connectivity index (χ1v) is 8.64. The van der Waals surface area contributed by atoms with Gasteiger partial charge in [-0.15, -0.1) is 17.6 Å². The van der Waals surface area contributed by atoms with Crippen LogP contribution in [0.5, 0.6) is 0 Å². The van der Waals surface area contributed by atoms with Gasteiger partial charge < -0.3 is 5.82 Å². The van der Waals surface area contributed by atoms with Crippen molar-refractivity contribution in [3.63, 3.8) is 0 Å². The summed E-state index contributed by atoms with van der Waals surface area (Å²) in [6.45, 7) is 0. The van der Waals surface area contributed by atoms with Gasteiger partial charge in [0.05, 0.1) is 0 Å². The van der Waals surface area contributed by atoms with Gasteiger partial charge in [0.2, 0.25) is 0 Å². The summed E-state index contributed by atoms with van der Waals surface area (Å²) in [4.78, 5) is 0. The van der Waals surface area contributed by atoms with E-state index >= 15 is 0 Å². The molecule has 0 N–H and O–H groups in total. The van der Waals surface area contributed by atoms with E-state index in [1.165, 1.54) is 51.4 Å². The Kier molecular flexibility index (Phi) is 3.14. The molecule has 3 aliphatic rings. The van der Waals surface area contributed by atoms with Crippen LogP contribution in [-0.4, -0.2) is 6.15 Å². The molecule has 0 unspecified atom stereocenters. The van der Waals surface area contributed by atoms with Crippen LogP contribution < -0.4 is 5.46 Å². The number of hydrogen-bond donors (Lipinski definition) is 0. The molecule has 2 heterocycles. The fourth-order valence-corrected chi connectivity index (χ4v) is 5.13. The van der Waals surface area contributed by atoms with E-state index in [2.05, 4.69) is 42.1 Å². The minimum atomic E-state index is -0.608. The van der Waals surface area contributed by atoms with E-state index in [0.717, 1.165) is 17.6 Å². The van der Waals surface area contributed by atoms with Crippen LogP contribution in [0.25, 0.3) is 0 Å². The van der Waals surface area contributed by atoms with Crippen molar-refractivity contribution in [3.8, 4) is 11.7 Å². The van der Waals surface area contributed by atoms with Gasteiger partial charge in [0.15, 0.2) is 0 Å². The Morgan fingerprint density at radius 3 is 1.95 bits per heavy atom. The van der Waals surface area contributed by atoms with Crippen molar-refractivity contribution in [2.45, 2.75) is 63.0 Å². The van der Waals surface area contributed by atoms with E-state index in [9.17, 15) is 0 Å². The predicted octanol–water partition coefficient (Wildman–Crippen LogP) is 4.40. The van der Waals surface area contributed by atoms with E-state index in [-0.39, 0.29) is 0 Å². The first-order chi connectivity index (χ1) is 9.89. The second-order valence-corrected chi connectivity index (χ2v) is 7.36. The summed E-state index contributed by atoms with van der Waals surface area (Å²) in [5, 5.41) is 0. The highest BCUT2D eigenvalue weighted by atomic mass is 14.3. The van der Waals surface area contributed by atoms with Crippen LogP contribution >= 0.6 is 0 Å². The highest BCUT2D eigenvalue weighted by Gasteiger charge is 2.43. The molecule has 2 bridgehead atoms. The summed E-state index contributed by atoms with van der Waals surface area (Å²) in [5.74, 6) is 10.1. The molecule has 0 amide bonds. The number of rotatable bonds is 1. The summed E-state index contributed by atoms with van der Waals surface area (Å²) < 4.78 is 0. The van der Waals surface area contributed by atoms with Crippen LogP contribution in [0.3, 0.4) is 0 Å². The molecule has 4 rings (SSSR count). The highest BCUT2D eigenvalue weighted by Crippen LogP contribution is 2.52. The average molecular weight is 263 g/mol. The van der Waals surface area contributed by atoms with Gasteiger partial charge in [-0.25, -0.2) is 0 Å². The Bertz CT molecular complexity index is 510. The third kappa shape index (κ3) is 2.01. The predicted molar refractivity (Wildman–Crippen MR) is 87.5 cm³/mol. The topological polar surface area (TPSA) is 0 Å². The zero-order valence-corrected chi connectivity index (χ0v) is 12.4. The fraction of sp³-hybridized carbons (Fsp3) is 0.579. The summed E-state index contributed by atoms with van der Waals surface area (Å²) in [5.41, 5.74) is 1.58. The smallest absolute Gasteiger partial charge is 0.103 e. The molecule has 3 fully saturated rings. The third-order valence-corrected chi connectivity index (χ3v) is 6.24. The van der Waals surface area contributed by atoms with E-state index in [4.69, 9.17) is 0 Å². The normalized spacial score (nSPS) is 36.0. The van der Waals surface area contributed by atoms with Crippen LogP contribution in [0.15, 0.2) is 30.3 Å². The summed E-state index contributed by atoms with van der Waals surface area (Å²) >= 11 is 0. The molecular formula is C19H24B-. The van der Waals surface area contributed by atoms with Crippen molar-refractivity contribution in [2.75, 3.05) is 0 Å². The Labute approximate surface area is 123 Å². The lowest BCUT2D eigenvalue weighted by molar-refractivity contribution is 0.441. The van der Waals surface area contributed by atoms with E-state index in [0.29, 0.717) is 0 Å². The largest absolute Gasteiger partial charge is 0.308 e. The standard InChI is InChI=1S/C19H24B/c1-2-6-17(7-3-1)20(15-14-16-12-13-16)18-8-4-9-19(20)11-5-10-18/h1-3,6-7,16,18-19H,4-5,8-13H2/q-1. The molecule has 1 saturated carbocycles. The lowest BCUT2D eigenvalue weighted by atomic mass is 9.07. The molecule has 2 saturated heterocycles. The van der Waals surface area contributed by atoms with Crippen LogP contribution in [-0.2, 0) is 0 Å². The molecule has 1 aromatic rings. The number of fused-ring (bicyclic) bond motifs is 2. The van der Waals surface area contributed by atoms with Gasteiger partial charge in [-0.2, -0.15) is 5.46 Å². The second-order valence-electron chi connectivity index (χ2n) is 7.36. The highest BCUT2D eigenvalue weighted by molar-refractivity contribution is 7.00. The quantitative estimate of drug-likeness (QED) is 0.520. The molecule has 0 nitrogen and oxygen atoms in total.